The molecule has 0 radical (unpaired) electrons. The van der Waals surface area contributed by atoms with E-state index in [0.29, 0.717) is 6.04 Å². The van der Waals surface area contributed by atoms with Crippen molar-refractivity contribution in [2.24, 2.45) is 5.92 Å². The fraction of sp³-hybridized carbons (Fsp3) is 0.667. The second-order valence-corrected chi connectivity index (χ2v) is 7.48. The van der Waals surface area contributed by atoms with Crippen molar-refractivity contribution in [3.8, 4) is 0 Å². The van der Waals surface area contributed by atoms with E-state index in [1.807, 2.05) is 24.1 Å². The van der Waals surface area contributed by atoms with Crippen LogP contribution in [0.25, 0.3) is 0 Å². The van der Waals surface area contributed by atoms with Crippen LogP contribution in [0, 0.1) is 5.92 Å². The summed E-state index contributed by atoms with van der Waals surface area (Å²) in [5, 5.41) is 3.22. The molecule has 0 atom stereocenters. The highest BCUT2D eigenvalue weighted by Gasteiger charge is 2.23. The van der Waals surface area contributed by atoms with E-state index < -0.39 is 0 Å². The van der Waals surface area contributed by atoms with Gasteiger partial charge in [-0.05, 0) is 76.9 Å². The predicted octanol–water partition coefficient (Wildman–Crippen LogP) is 4.22. The van der Waals surface area contributed by atoms with E-state index in [9.17, 15) is 4.79 Å². The highest BCUT2D eigenvalue weighted by atomic mass is 35.5. The van der Waals surface area contributed by atoms with Crippen LogP contribution in [0.5, 0.6) is 0 Å². The van der Waals surface area contributed by atoms with Gasteiger partial charge in [0.2, 0.25) is 0 Å². The van der Waals surface area contributed by atoms with Crippen LogP contribution < -0.4 is 5.32 Å². The molecule has 1 heterocycles. The number of likely N-dealkylation sites (tertiary alicyclic amines) is 1. The molecule has 0 spiro atoms. The van der Waals surface area contributed by atoms with Gasteiger partial charge >= 0.3 is 0 Å². The average molecular weight is 418 g/mol. The summed E-state index contributed by atoms with van der Waals surface area (Å²) < 4.78 is 0. The van der Waals surface area contributed by atoms with Crippen LogP contribution >= 0.6 is 24.8 Å². The first-order valence-electron chi connectivity index (χ1n) is 9.82. The fourth-order valence-electron chi connectivity index (χ4n) is 3.60. The smallest absolute Gasteiger partial charge is 0.253 e. The van der Waals surface area contributed by atoms with Gasteiger partial charge in [-0.1, -0.05) is 19.1 Å². The Hall–Kier alpha value is -0.810. The van der Waals surface area contributed by atoms with Crippen molar-refractivity contribution < 1.29 is 4.79 Å². The summed E-state index contributed by atoms with van der Waals surface area (Å²) in [7, 11) is 2.00. The number of nitrogens with zero attached hydrogens (tertiary/aromatic N) is 2. The highest BCUT2D eigenvalue weighted by Crippen LogP contribution is 2.21. The second kappa shape index (κ2) is 13.4. The Morgan fingerprint density at radius 2 is 1.78 bits per heavy atom. The monoisotopic (exact) mass is 417 g/mol. The molecular formula is C21H37Cl2N3O. The lowest BCUT2D eigenvalue weighted by Gasteiger charge is -2.32. The third-order valence-electron chi connectivity index (χ3n) is 5.43. The van der Waals surface area contributed by atoms with E-state index >= 15 is 0 Å². The van der Waals surface area contributed by atoms with Crippen molar-refractivity contribution >= 4 is 30.7 Å². The summed E-state index contributed by atoms with van der Waals surface area (Å²) in [6, 6.07) is 8.75. The van der Waals surface area contributed by atoms with Crippen LogP contribution in [0.2, 0.25) is 0 Å². The zero-order chi connectivity index (χ0) is 18.2. The summed E-state index contributed by atoms with van der Waals surface area (Å²) in [5.41, 5.74) is 2.10. The Kier molecular flexibility index (Phi) is 13.0. The first-order valence-corrected chi connectivity index (χ1v) is 9.82. The average Bonchev–Trinajstić information content (AvgIpc) is 2.64. The summed E-state index contributed by atoms with van der Waals surface area (Å²) in [5.74, 6) is 0.949. The maximum atomic E-state index is 12.7. The van der Waals surface area contributed by atoms with Crippen molar-refractivity contribution in [2.75, 3.05) is 33.2 Å². The van der Waals surface area contributed by atoms with Gasteiger partial charge in [-0.25, -0.2) is 0 Å². The molecule has 1 saturated heterocycles. The molecule has 1 amide bonds. The SMILES string of the molecule is CCN(Cc1ccc(C(=O)N2CCC(CCNC)CC2)cc1)C(C)C.Cl.Cl. The van der Waals surface area contributed by atoms with E-state index in [2.05, 4.69) is 43.1 Å². The molecule has 1 aliphatic rings. The molecule has 1 aliphatic heterocycles. The molecule has 27 heavy (non-hydrogen) atoms. The third-order valence-corrected chi connectivity index (χ3v) is 5.43. The van der Waals surface area contributed by atoms with Gasteiger partial charge in [-0.15, -0.1) is 24.8 Å². The summed E-state index contributed by atoms with van der Waals surface area (Å²) in [6.45, 7) is 11.5. The molecule has 0 saturated carbocycles. The molecular weight excluding hydrogens is 381 g/mol. The van der Waals surface area contributed by atoms with Crippen molar-refractivity contribution in [3.63, 3.8) is 0 Å². The third kappa shape index (κ3) is 7.98. The number of hydrogen-bond donors (Lipinski definition) is 1. The van der Waals surface area contributed by atoms with Crippen molar-refractivity contribution in [2.45, 2.75) is 52.6 Å². The number of amides is 1. The first-order chi connectivity index (χ1) is 12.0. The maximum absolute atomic E-state index is 12.7. The predicted molar refractivity (Wildman–Crippen MR) is 119 cm³/mol. The minimum absolute atomic E-state index is 0. The topological polar surface area (TPSA) is 35.6 Å². The number of hydrogen-bond acceptors (Lipinski definition) is 3. The summed E-state index contributed by atoms with van der Waals surface area (Å²) >= 11 is 0. The van der Waals surface area contributed by atoms with Crippen LogP contribution in [0.1, 0.15) is 56.0 Å². The molecule has 2 rings (SSSR count). The minimum Gasteiger partial charge on any atom is -0.339 e. The Bertz CT molecular complexity index is 529. The van der Waals surface area contributed by atoms with Crippen LogP contribution in [0.3, 0.4) is 0 Å². The van der Waals surface area contributed by atoms with E-state index in [0.717, 1.165) is 57.0 Å². The van der Waals surface area contributed by atoms with Gasteiger partial charge in [0.15, 0.2) is 0 Å². The molecule has 156 valence electrons. The van der Waals surface area contributed by atoms with Gasteiger partial charge in [0.05, 0.1) is 0 Å². The lowest BCUT2D eigenvalue weighted by molar-refractivity contribution is 0.0687. The fourth-order valence-corrected chi connectivity index (χ4v) is 3.60. The second-order valence-electron chi connectivity index (χ2n) is 7.48. The molecule has 0 bridgehead atoms. The highest BCUT2D eigenvalue weighted by molar-refractivity contribution is 5.94. The molecule has 0 aliphatic carbocycles. The number of piperidine rings is 1. The number of rotatable bonds is 8. The largest absolute Gasteiger partial charge is 0.339 e. The summed E-state index contributed by atoms with van der Waals surface area (Å²) in [6.07, 6.45) is 3.48. The first kappa shape index (κ1) is 26.2. The van der Waals surface area contributed by atoms with Gasteiger partial charge in [0.1, 0.15) is 0 Å². The lowest BCUT2D eigenvalue weighted by Crippen LogP contribution is -2.39. The molecule has 1 fully saturated rings. The number of nitrogens with one attached hydrogen (secondary N) is 1. The number of carbonyl (C=O) groups is 1. The lowest BCUT2D eigenvalue weighted by atomic mass is 9.93. The zero-order valence-corrected chi connectivity index (χ0v) is 18.9. The molecule has 4 nitrogen and oxygen atoms in total. The molecule has 0 unspecified atom stereocenters. The normalized spacial score (nSPS) is 14.8. The van der Waals surface area contributed by atoms with Crippen LogP contribution in [0.15, 0.2) is 24.3 Å². The summed E-state index contributed by atoms with van der Waals surface area (Å²) in [4.78, 5) is 17.2. The standard InChI is InChI=1S/C21H35N3O.2ClH/c1-5-23(17(2)3)16-19-6-8-20(9-7-19)21(25)24-14-11-18(12-15-24)10-13-22-4;;/h6-9,17-18,22H,5,10-16H2,1-4H3;2*1H. The van der Waals surface area contributed by atoms with Crippen LogP contribution in [-0.2, 0) is 6.54 Å². The van der Waals surface area contributed by atoms with Crippen molar-refractivity contribution in [1.29, 1.82) is 0 Å². The van der Waals surface area contributed by atoms with Crippen molar-refractivity contribution in [3.05, 3.63) is 35.4 Å². The van der Waals surface area contributed by atoms with Gasteiger partial charge in [0.25, 0.3) is 5.91 Å². The number of carbonyl (C=O) groups excluding carboxylic acids is 1. The molecule has 6 heteroatoms. The van der Waals surface area contributed by atoms with Gasteiger partial charge < -0.3 is 10.2 Å². The van der Waals surface area contributed by atoms with E-state index in [4.69, 9.17) is 0 Å². The molecule has 1 aromatic carbocycles. The Labute approximate surface area is 177 Å². The molecule has 1 aromatic rings. The van der Waals surface area contributed by atoms with Crippen molar-refractivity contribution in [1.82, 2.24) is 15.1 Å². The van der Waals surface area contributed by atoms with E-state index in [-0.39, 0.29) is 30.7 Å². The van der Waals surface area contributed by atoms with Crippen LogP contribution in [0.4, 0.5) is 0 Å². The van der Waals surface area contributed by atoms with E-state index in [1.54, 1.807) is 0 Å². The van der Waals surface area contributed by atoms with Gasteiger partial charge in [0, 0.05) is 31.2 Å². The molecule has 1 N–H and O–H groups in total. The molecule has 0 aromatic heterocycles. The minimum atomic E-state index is 0. The quantitative estimate of drug-likeness (QED) is 0.687. The Morgan fingerprint density at radius 3 is 2.26 bits per heavy atom. The van der Waals surface area contributed by atoms with E-state index in [1.165, 1.54) is 12.0 Å². The number of benzene rings is 1. The van der Waals surface area contributed by atoms with Gasteiger partial charge in [-0.3, -0.25) is 9.69 Å². The number of halogens is 2. The zero-order valence-electron chi connectivity index (χ0n) is 17.2. The van der Waals surface area contributed by atoms with Crippen LogP contribution in [-0.4, -0.2) is 55.0 Å². The maximum Gasteiger partial charge on any atom is 0.253 e. The Balaban J connectivity index is 0.00000338. The Morgan fingerprint density at radius 1 is 1.19 bits per heavy atom. The van der Waals surface area contributed by atoms with Gasteiger partial charge in [-0.2, -0.15) is 0 Å².